The maximum absolute atomic E-state index is 10.4. The third-order valence-electron chi connectivity index (χ3n) is 1.66. The van der Waals surface area contributed by atoms with Crippen molar-refractivity contribution in [2.45, 2.75) is 18.6 Å². The average Bonchev–Trinajstić information content (AvgIpc) is 2.65. The number of carboxylic acid groups (broad SMARTS) is 1. The van der Waals surface area contributed by atoms with Crippen LogP contribution >= 0.6 is 11.3 Å². The Morgan fingerprint density at radius 1 is 1.73 bits per heavy atom. The molecule has 15 heavy (non-hydrogen) atoms. The fourth-order valence-electron chi connectivity index (χ4n) is 0.918. The number of aromatic nitrogens is 1. The summed E-state index contributed by atoms with van der Waals surface area (Å²) in [5.41, 5.74) is 0.0296. The van der Waals surface area contributed by atoms with Gasteiger partial charge in [0, 0.05) is 5.38 Å². The maximum atomic E-state index is 10.4. The van der Waals surface area contributed by atoms with E-state index in [4.69, 9.17) is 5.26 Å². The molecule has 2 unspecified atom stereocenters. The number of carboxylic acids is 1. The number of carbonyl (C=O) groups is 1. The third kappa shape index (κ3) is 2.73. The van der Waals surface area contributed by atoms with E-state index in [9.17, 15) is 20.1 Å². The van der Waals surface area contributed by atoms with E-state index >= 15 is 0 Å². The Labute approximate surface area is 89.1 Å². The first kappa shape index (κ1) is 11.6. The molecule has 1 aromatic rings. The minimum Gasteiger partial charge on any atom is -0.542 e. The molecule has 0 amide bonds. The van der Waals surface area contributed by atoms with Crippen LogP contribution in [0.4, 0.5) is 0 Å². The van der Waals surface area contributed by atoms with Crippen LogP contribution in [0.1, 0.15) is 28.0 Å². The molecule has 1 rings (SSSR count). The summed E-state index contributed by atoms with van der Waals surface area (Å²) in [4.78, 5) is 13.9. The van der Waals surface area contributed by atoms with E-state index in [2.05, 4.69) is 4.98 Å². The van der Waals surface area contributed by atoms with Gasteiger partial charge in [-0.3, -0.25) is 0 Å². The Bertz CT molecular complexity index is 398. The molecule has 0 fully saturated rings. The second kappa shape index (κ2) is 4.84. The van der Waals surface area contributed by atoms with Gasteiger partial charge in [0.25, 0.3) is 0 Å². The molecule has 7 heteroatoms. The zero-order valence-corrected chi connectivity index (χ0v) is 8.27. The molecule has 0 saturated heterocycles. The molecule has 0 aliphatic carbocycles. The molecule has 0 aromatic carbocycles. The average molecular weight is 227 g/mol. The highest BCUT2D eigenvalue weighted by atomic mass is 32.1. The second-order valence-electron chi connectivity index (χ2n) is 2.74. The van der Waals surface area contributed by atoms with Gasteiger partial charge in [-0.1, -0.05) is 0 Å². The van der Waals surface area contributed by atoms with Gasteiger partial charge in [-0.05, 0) is 0 Å². The van der Waals surface area contributed by atoms with E-state index in [1.54, 1.807) is 6.07 Å². The summed E-state index contributed by atoms with van der Waals surface area (Å²) in [6.07, 6.45) is -2.87. The third-order valence-corrected chi connectivity index (χ3v) is 2.51. The van der Waals surface area contributed by atoms with Crippen LogP contribution in [0.5, 0.6) is 0 Å². The zero-order chi connectivity index (χ0) is 11.4. The van der Waals surface area contributed by atoms with Crippen molar-refractivity contribution in [2.24, 2.45) is 0 Å². The van der Waals surface area contributed by atoms with Crippen molar-refractivity contribution >= 4 is 17.3 Å². The molecule has 2 N–H and O–H groups in total. The highest BCUT2D eigenvalue weighted by molar-refractivity contribution is 7.11. The van der Waals surface area contributed by atoms with Gasteiger partial charge in [0.15, 0.2) is 0 Å². The molecule has 0 aliphatic rings. The molecule has 0 radical (unpaired) electrons. The predicted octanol–water partition coefficient (Wildman–Crippen LogP) is -1.19. The highest BCUT2D eigenvalue weighted by Gasteiger charge is 2.20. The van der Waals surface area contributed by atoms with E-state index in [1.165, 1.54) is 5.38 Å². The van der Waals surface area contributed by atoms with Crippen LogP contribution in [0.3, 0.4) is 0 Å². The van der Waals surface area contributed by atoms with Crippen LogP contribution in [0.2, 0.25) is 0 Å². The van der Waals surface area contributed by atoms with Crippen LogP contribution in [0.25, 0.3) is 0 Å². The lowest BCUT2D eigenvalue weighted by Crippen LogP contribution is -2.23. The Hall–Kier alpha value is -1.49. The van der Waals surface area contributed by atoms with Crippen molar-refractivity contribution in [3.63, 3.8) is 0 Å². The molecule has 80 valence electrons. The van der Waals surface area contributed by atoms with Crippen molar-refractivity contribution in [2.75, 3.05) is 0 Å². The van der Waals surface area contributed by atoms with Crippen molar-refractivity contribution in [1.82, 2.24) is 4.98 Å². The van der Waals surface area contributed by atoms with E-state index in [0.717, 1.165) is 11.3 Å². The van der Waals surface area contributed by atoms with Crippen molar-refractivity contribution < 1.29 is 20.1 Å². The lowest BCUT2D eigenvalue weighted by molar-refractivity contribution is -0.255. The summed E-state index contributed by atoms with van der Waals surface area (Å²) in [6, 6.07) is 1.68. The minimum absolute atomic E-state index is 0.0296. The number of hydrogen-bond acceptors (Lipinski definition) is 7. The number of carbonyl (C=O) groups excluding carboxylic acids is 1. The summed E-state index contributed by atoms with van der Waals surface area (Å²) in [7, 11) is 0. The fourth-order valence-corrected chi connectivity index (χ4v) is 1.60. The van der Waals surface area contributed by atoms with Crippen LogP contribution in [-0.4, -0.2) is 27.3 Å². The molecule has 6 nitrogen and oxygen atoms in total. The quantitative estimate of drug-likeness (QED) is 0.668. The van der Waals surface area contributed by atoms with Gasteiger partial charge in [-0.25, -0.2) is 4.98 Å². The van der Waals surface area contributed by atoms with Crippen LogP contribution in [-0.2, 0) is 0 Å². The standard InChI is InChI=1S/C8H8N2O4S/c9-2-1-5(11)6(12)4-3-15-7(10-4)8(13)14/h3,5-6,11-12H,1H2,(H,13,14)/p-1. The molecular weight excluding hydrogens is 220 g/mol. The molecule has 0 saturated carbocycles. The van der Waals surface area contributed by atoms with Gasteiger partial charge >= 0.3 is 0 Å². The lowest BCUT2D eigenvalue weighted by Gasteiger charge is -2.12. The topological polar surface area (TPSA) is 117 Å². The van der Waals surface area contributed by atoms with Crippen molar-refractivity contribution in [3.8, 4) is 6.07 Å². The van der Waals surface area contributed by atoms with Gasteiger partial charge in [-0.2, -0.15) is 5.26 Å². The van der Waals surface area contributed by atoms with Gasteiger partial charge in [0.2, 0.25) is 0 Å². The normalized spacial score (nSPS) is 14.2. The summed E-state index contributed by atoms with van der Waals surface area (Å²) < 4.78 is 0. The molecule has 0 bridgehead atoms. The minimum atomic E-state index is -1.44. The first-order chi connectivity index (χ1) is 7.06. The fraction of sp³-hybridized carbons (Fsp3) is 0.375. The Kier molecular flexibility index (Phi) is 3.74. The van der Waals surface area contributed by atoms with Crippen molar-refractivity contribution in [3.05, 3.63) is 16.1 Å². The first-order valence-corrected chi connectivity index (χ1v) is 4.84. The van der Waals surface area contributed by atoms with Crippen LogP contribution in [0, 0.1) is 11.3 Å². The van der Waals surface area contributed by atoms with Crippen LogP contribution in [0.15, 0.2) is 5.38 Å². The summed E-state index contributed by atoms with van der Waals surface area (Å²) in [5.74, 6) is -1.44. The molecule has 1 aromatic heterocycles. The molecule has 0 spiro atoms. The molecule has 1 heterocycles. The number of aromatic carboxylic acids is 1. The zero-order valence-electron chi connectivity index (χ0n) is 7.45. The van der Waals surface area contributed by atoms with Gasteiger partial charge in [0.1, 0.15) is 17.1 Å². The summed E-state index contributed by atoms with van der Waals surface area (Å²) in [5, 5.41) is 38.4. The summed E-state index contributed by atoms with van der Waals surface area (Å²) >= 11 is 0.794. The Morgan fingerprint density at radius 3 is 2.87 bits per heavy atom. The number of nitrogens with zero attached hydrogens (tertiary/aromatic N) is 2. The monoisotopic (exact) mass is 227 g/mol. The number of aliphatic hydroxyl groups excluding tert-OH is 2. The van der Waals surface area contributed by atoms with Gasteiger partial charge in [-0.15, -0.1) is 11.3 Å². The highest BCUT2D eigenvalue weighted by Crippen LogP contribution is 2.20. The van der Waals surface area contributed by atoms with Gasteiger partial charge in [0.05, 0.1) is 24.3 Å². The van der Waals surface area contributed by atoms with Gasteiger partial charge < -0.3 is 20.1 Å². The Morgan fingerprint density at radius 2 is 2.40 bits per heavy atom. The summed E-state index contributed by atoms with van der Waals surface area (Å²) in [6.45, 7) is 0. The van der Waals surface area contributed by atoms with E-state index < -0.39 is 18.2 Å². The molecule has 0 aliphatic heterocycles. The first-order valence-electron chi connectivity index (χ1n) is 3.96. The van der Waals surface area contributed by atoms with E-state index in [-0.39, 0.29) is 17.1 Å². The number of rotatable bonds is 4. The van der Waals surface area contributed by atoms with Crippen LogP contribution < -0.4 is 5.11 Å². The molecular formula is C8H7N2O4S-. The number of thiazole rings is 1. The Balaban J connectivity index is 2.78. The van der Waals surface area contributed by atoms with E-state index in [1.807, 2.05) is 0 Å². The SMILES string of the molecule is N#CCC(O)C(O)c1csc(C(=O)[O-])n1. The number of aliphatic hydroxyl groups is 2. The smallest absolute Gasteiger partial charge is 0.139 e. The lowest BCUT2D eigenvalue weighted by atomic mass is 10.1. The van der Waals surface area contributed by atoms with Crippen molar-refractivity contribution in [1.29, 1.82) is 5.26 Å². The number of nitriles is 1. The number of hydrogen-bond donors (Lipinski definition) is 2. The second-order valence-corrected chi connectivity index (χ2v) is 3.60. The maximum Gasteiger partial charge on any atom is 0.139 e. The largest absolute Gasteiger partial charge is 0.542 e. The van der Waals surface area contributed by atoms with E-state index in [0.29, 0.717) is 0 Å². The predicted molar refractivity (Wildman–Crippen MR) is 47.6 cm³/mol. The molecule has 2 atom stereocenters.